The molecule has 1 aromatic carbocycles. The molecule has 2 fully saturated rings. The van der Waals surface area contributed by atoms with E-state index in [1.807, 2.05) is 0 Å². The number of hydrogen-bond acceptors (Lipinski definition) is 4. The third-order valence-corrected chi connectivity index (χ3v) is 3.86. The van der Waals surface area contributed by atoms with Crippen LogP contribution < -0.4 is 5.32 Å². The number of carbonyl (C=O) groups excluding carboxylic acids is 2. The van der Waals surface area contributed by atoms with E-state index in [-0.39, 0.29) is 29.9 Å². The summed E-state index contributed by atoms with van der Waals surface area (Å²) >= 11 is 0. The number of benzene rings is 1. The van der Waals surface area contributed by atoms with Crippen molar-refractivity contribution >= 4 is 17.7 Å². The Morgan fingerprint density at radius 1 is 1.32 bits per heavy atom. The van der Waals surface area contributed by atoms with Gasteiger partial charge in [0.1, 0.15) is 11.6 Å². The van der Waals surface area contributed by atoms with Gasteiger partial charge in [-0.1, -0.05) is 0 Å². The zero-order valence-corrected chi connectivity index (χ0v) is 12.1. The van der Waals surface area contributed by atoms with Crippen molar-refractivity contribution in [3.63, 3.8) is 0 Å². The van der Waals surface area contributed by atoms with Crippen LogP contribution in [-0.4, -0.2) is 24.8 Å². The normalized spacial score (nSPS) is 25.7. The Hall–Kier alpha value is -2.18. The molecule has 22 heavy (non-hydrogen) atoms. The first-order valence-corrected chi connectivity index (χ1v) is 7.01. The first-order chi connectivity index (χ1) is 10.4. The summed E-state index contributed by atoms with van der Waals surface area (Å²) in [5.74, 6) is -3.05. The lowest BCUT2D eigenvalue weighted by atomic mass is 10.1. The maximum Gasteiger partial charge on any atom is 0.411 e. The van der Waals surface area contributed by atoms with Gasteiger partial charge in [-0.2, -0.15) is 0 Å². The summed E-state index contributed by atoms with van der Waals surface area (Å²) in [6, 6.07) is 2.05. The number of cyclic esters (lactones) is 1. The molecule has 3 atom stereocenters. The van der Waals surface area contributed by atoms with Crippen LogP contribution in [0.4, 0.5) is 19.3 Å². The van der Waals surface area contributed by atoms with Crippen LogP contribution in [-0.2, 0) is 14.3 Å². The molecule has 1 N–H and O–H groups in total. The van der Waals surface area contributed by atoms with Crippen LogP contribution in [0, 0.1) is 23.5 Å². The fourth-order valence-electron chi connectivity index (χ4n) is 2.91. The van der Waals surface area contributed by atoms with E-state index in [0.29, 0.717) is 0 Å². The second kappa shape index (κ2) is 5.23. The van der Waals surface area contributed by atoms with E-state index < -0.39 is 35.5 Å². The first kappa shape index (κ1) is 14.7. The molecule has 3 rings (SSSR count). The number of fused-ring (bicyclic) bond motifs is 1. The number of anilines is 1. The zero-order valence-electron chi connectivity index (χ0n) is 12.1. The molecule has 0 spiro atoms. The van der Waals surface area contributed by atoms with Crippen molar-refractivity contribution in [1.82, 2.24) is 0 Å². The van der Waals surface area contributed by atoms with Gasteiger partial charge in [-0.25, -0.2) is 13.6 Å². The predicted molar refractivity (Wildman–Crippen MR) is 72.3 cm³/mol. The molecule has 1 saturated carbocycles. The minimum atomic E-state index is -0.785. The fourth-order valence-corrected chi connectivity index (χ4v) is 2.91. The standard InChI is InChI=1S/C15H15F2NO4/c1-6(2)22-15(20)18-7-3-9(16)13(10(17)4-7)11-8-5-21-14(19)12(8)11/h3-4,6,8,11-12H,5H2,1-2H3,(H,18,20)/t8-,11-,12-/m1/s1. The summed E-state index contributed by atoms with van der Waals surface area (Å²) < 4.78 is 38.0. The highest BCUT2D eigenvalue weighted by Crippen LogP contribution is 2.59. The van der Waals surface area contributed by atoms with Crippen LogP contribution in [0.2, 0.25) is 0 Å². The molecule has 0 aromatic heterocycles. The molecule has 2 aliphatic rings. The minimum absolute atomic E-state index is 0.0298. The van der Waals surface area contributed by atoms with Gasteiger partial charge in [0.2, 0.25) is 0 Å². The van der Waals surface area contributed by atoms with Gasteiger partial charge in [0.25, 0.3) is 0 Å². The monoisotopic (exact) mass is 311 g/mol. The summed E-state index contributed by atoms with van der Waals surface area (Å²) in [5, 5.41) is 2.27. The van der Waals surface area contributed by atoms with Crippen molar-refractivity contribution in [3.8, 4) is 0 Å². The number of halogens is 2. The maximum atomic E-state index is 14.2. The Morgan fingerprint density at radius 3 is 2.45 bits per heavy atom. The van der Waals surface area contributed by atoms with Crippen LogP contribution in [0.15, 0.2) is 12.1 Å². The molecule has 1 saturated heterocycles. The van der Waals surface area contributed by atoms with Crippen molar-refractivity contribution in [2.24, 2.45) is 11.8 Å². The molecular weight excluding hydrogens is 296 g/mol. The Kier molecular flexibility index (Phi) is 3.50. The number of hydrogen-bond donors (Lipinski definition) is 1. The number of esters is 1. The van der Waals surface area contributed by atoms with Crippen LogP contribution in [0.25, 0.3) is 0 Å². The van der Waals surface area contributed by atoms with Gasteiger partial charge in [-0.3, -0.25) is 10.1 Å². The zero-order chi connectivity index (χ0) is 16.0. The van der Waals surface area contributed by atoms with Gasteiger partial charge >= 0.3 is 12.1 Å². The first-order valence-electron chi connectivity index (χ1n) is 7.01. The molecule has 7 heteroatoms. The maximum absolute atomic E-state index is 14.2. The lowest BCUT2D eigenvalue weighted by molar-refractivity contribution is -0.141. The Bertz CT molecular complexity index is 623. The molecule has 0 unspecified atom stereocenters. The van der Waals surface area contributed by atoms with Crippen molar-refractivity contribution in [3.05, 3.63) is 29.3 Å². The molecule has 1 aromatic rings. The molecule has 1 amide bonds. The molecular formula is C15H15F2NO4. The number of carbonyl (C=O) groups is 2. The minimum Gasteiger partial charge on any atom is -0.465 e. The Morgan fingerprint density at radius 2 is 1.95 bits per heavy atom. The highest BCUT2D eigenvalue weighted by Gasteiger charge is 2.62. The third kappa shape index (κ3) is 2.51. The highest BCUT2D eigenvalue weighted by atomic mass is 19.1. The van der Waals surface area contributed by atoms with Gasteiger partial charge < -0.3 is 9.47 Å². The van der Waals surface area contributed by atoms with E-state index in [0.717, 1.165) is 12.1 Å². The van der Waals surface area contributed by atoms with Crippen LogP contribution >= 0.6 is 0 Å². The predicted octanol–water partition coefficient (Wildman–Crippen LogP) is 2.81. The molecule has 0 bridgehead atoms. The number of ether oxygens (including phenoxy) is 2. The van der Waals surface area contributed by atoms with Crippen molar-refractivity contribution in [1.29, 1.82) is 0 Å². The van der Waals surface area contributed by atoms with Gasteiger partial charge in [0.15, 0.2) is 0 Å². The molecule has 5 nitrogen and oxygen atoms in total. The fraction of sp³-hybridized carbons (Fsp3) is 0.467. The topological polar surface area (TPSA) is 64.6 Å². The van der Waals surface area contributed by atoms with Gasteiger partial charge in [-0.05, 0) is 26.0 Å². The Balaban J connectivity index is 1.78. The van der Waals surface area contributed by atoms with Crippen LogP contribution in [0.5, 0.6) is 0 Å². The highest BCUT2D eigenvalue weighted by molar-refractivity contribution is 5.85. The third-order valence-electron chi connectivity index (χ3n) is 3.86. The van der Waals surface area contributed by atoms with E-state index in [9.17, 15) is 18.4 Å². The Labute approximate surface area is 125 Å². The van der Waals surface area contributed by atoms with Crippen LogP contribution in [0.1, 0.15) is 25.3 Å². The second-order valence-electron chi connectivity index (χ2n) is 5.78. The van der Waals surface area contributed by atoms with Gasteiger partial charge in [0.05, 0.1) is 18.6 Å². The number of nitrogens with one attached hydrogen (secondary N) is 1. The number of rotatable bonds is 3. The smallest absolute Gasteiger partial charge is 0.411 e. The molecule has 1 aliphatic heterocycles. The molecule has 0 radical (unpaired) electrons. The summed E-state index contributed by atoms with van der Waals surface area (Å²) in [4.78, 5) is 22.8. The molecule has 1 heterocycles. The number of amides is 1. The van der Waals surface area contributed by atoms with Crippen molar-refractivity contribution in [2.75, 3.05) is 11.9 Å². The van der Waals surface area contributed by atoms with E-state index >= 15 is 0 Å². The van der Waals surface area contributed by atoms with E-state index in [1.165, 1.54) is 0 Å². The van der Waals surface area contributed by atoms with Crippen molar-refractivity contribution < 1.29 is 27.8 Å². The second-order valence-corrected chi connectivity index (χ2v) is 5.78. The van der Waals surface area contributed by atoms with Crippen molar-refractivity contribution in [2.45, 2.75) is 25.9 Å². The van der Waals surface area contributed by atoms with Gasteiger partial charge in [0, 0.05) is 23.1 Å². The largest absolute Gasteiger partial charge is 0.465 e. The average Bonchev–Trinajstić information content (AvgIpc) is 2.95. The summed E-state index contributed by atoms with van der Waals surface area (Å²) in [6.07, 6.45) is -1.13. The quantitative estimate of drug-likeness (QED) is 0.872. The molecule has 1 aliphatic carbocycles. The molecule has 118 valence electrons. The van der Waals surface area contributed by atoms with E-state index in [2.05, 4.69) is 5.32 Å². The average molecular weight is 311 g/mol. The summed E-state index contributed by atoms with van der Waals surface area (Å²) in [5.41, 5.74) is -0.146. The summed E-state index contributed by atoms with van der Waals surface area (Å²) in [6.45, 7) is 3.53. The van der Waals surface area contributed by atoms with E-state index in [4.69, 9.17) is 9.47 Å². The SMILES string of the molecule is CC(C)OC(=O)Nc1cc(F)c([C@@H]2[C@H]3COC(=O)[C@H]32)c(F)c1. The van der Waals surface area contributed by atoms with Crippen LogP contribution in [0.3, 0.4) is 0 Å². The lowest BCUT2D eigenvalue weighted by Crippen LogP contribution is -2.18. The lowest BCUT2D eigenvalue weighted by Gasteiger charge is -2.12. The van der Waals surface area contributed by atoms with E-state index in [1.54, 1.807) is 13.8 Å². The van der Waals surface area contributed by atoms with Gasteiger partial charge in [-0.15, -0.1) is 0 Å². The summed E-state index contributed by atoms with van der Waals surface area (Å²) in [7, 11) is 0.